The number of methoxy groups -OCH3 is 1. The van der Waals surface area contributed by atoms with Crippen molar-refractivity contribution in [3.8, 4) is 5.75 Å². The number of para-hydroxylation sites is 2. The summed E-state index contributed by atoms with van der Waals surface area (Å²) >= 11 is 0. The van der Waals surface area contributed by atoms with Crippen molar-refractivity contribution in [2.75, 3.05) is 17.7 Å². The molecule has 6 heteroatoms. The van der Waals surface area contributed by atoms with Gasteiger partial charge in [0.15, 0.2) is 11.6 Å². The van der Waals surface area contributed by atoms with Gasteiger partial charge in [0.1, 0.15) is 5.75 Å². The van der Waals surface area contributed by atoms with Crippen molar-refractivity contribution >= 4 is 23.2 Å². The zero-order chi connectivity index (χ0) is 16.8. The number of nitrogens with zero attached hydrogens (tertiary/aromatic N) is 2. The lowest BCUT2D eigenvalue weighted by molar-refractivity contribution is 0.102. The summed E-state index contributed by atoms with van der Waals surface area (Å²) in [6, 6.07) is 19.9. The molecular weight excluding hydrogens is 304 g/mol. The second-order valence-corrected chi connectivity index (χ2v) is 4.95. The van der Waals surface area contributed by atoms with E-state index in [2.05, 4.69) is 20.8 Å². The molecule has 1 heterocycles. The van der Waals surface area contributed by atoms with Gasteiger partial charge in [-0.2, -0.15) is 0 Å². The highest BCUT2D eigenvalue weighted by Gasteiger charge is 2.07. The van der Waals surface area contributed by atoms with E-state index >= 15 is 0 Å². The van der Waals surface area contributed by atoms with Crippen LogP contribution in [0, 0.1) is 0 Å². The number of ether oxygens (including phenoxy) is 1. The summed E-state index contributed by atoms with van der Waals surface area (Å²) < 4.78 is 5.28. The summed E-state index contributed by atoms with van der Waals surface area (Å²) in [7, 11) is 1.61. The summed E-state index contributed by atoms with van der Waals surface area (Å²) in [6.45, 7) is 0. The van der Waals surface area contributed by atoms with E-state index in [1.807, 2.05) is 30.3 Å². The zero-order valence-corrected chi connectivity index (χ0v) is 13.1. The maximum Gasteiger partial charge on any atom is 0.256 e. The van der Waals surface area contributed by atoms with Crippen LogP contribution in [0.3, 0.4) is 0 Å². The molecule has 0 bridgehead atoms. The van der Waals surface area contributed by atoms with E-state index in [1.54, 1.807) is 43.5 Å². The van der Waals surface area contributed by atoms with Crippen LogP contribution in [0.4, 0.5) is 17.3 Å². The Hall–Kier alpha value is -3.41. The lowest BCUT2D eigenvalue weighted by atomic mass is 10.2. The zero-order valence-electron chi connectivity index (χ0n) is 13.1. The first-order valence-corrected chi connectivity index (χ1v) is 7.36. The van der Waals surface area contributed by atoms with Crippen LogP contribution >= 0.6 is 0 Å². The summed E-state index contributed by atoms with van der Waals surface area (Å²) in [5, 5.41) is 13.9. The Morgan fingerprint density at radius 2 is 1.54 bits per heavy atom. The Morgan fingerprint density at radius 3 is 2.25 bits per heavy atom. The Kier molecular flexibility index (Phi) is 4.67. The van der Waals surface area contributed by atoms with Crippen molar-refractivity contribution in [2.24, 2.45) is 0 Å². The minimum atomic E-state index is -0.227. The van der Waals surface area contributed by atoms with Crippen molar-refractivity contribution in [1.29, 1.82) is 0 Å². The third-order valence-electron chi connectivity index (χ3n) is 3.31. The first kappa shape index (κ1) is 15.5. The van der Waals surface area contributed by atoms with Gasteiger partial charge < -0.3 is 15.4 Å². The molecule has 2 N–H and O–H groups in total. The standard InChI is InChI=1S/C18H16N4O2/c1-24-15-10-6-5-9-14(15)19-16-11-12-17(22-21-16)20-18(23)13-7-3-2-4-8-13/h2-12H,1H3,(H,19,21)(H,20,22,23). The average molecular weight is 320 g/mol. The van der Waals surface area contributed by atoms with Gasteiger partial charge in [-0.25, -0.2) is 0 Å². The first-order valence-electron chi connectivity index (χ1n) is 7.36. The molecule has 2 aromatic carbocycles. The van der Waals surface area contributed by atoms with Crippen molar-refractivity contribution in [3.05, 3.63) is 72.3 Å². The van der Waals surface area contributed by atoms with Crippen LogP contribution in [0.1, 0.15) is 10.4 Å². The molecule has 1 amide bonds. The van der Waals surface area contributed by atoms with Crippen molar-refractivity contribution in [1.82, 2.24) is 10.2 Å². The average Bonchev–Trinajstić information content (AvgIpc) is 2.64. The monoisotopic (exact) mass is 320 g/mol. The normalized spacial score (nSPS) is 10.0. The number of rotatable bonds is 5. The van der Waals surface area contributed by atoms with Gasteiger partial charge in [-0.3, -0.25) is 4.79 Å². The Balaban J connectivity index is 1.68. The Labute approximate surface area is 139 Å². The lowest BCUT2D eigenvalue weighted by Gasteiger charge is -2.10. The van der Waals surface area contributed by atoms with Crippen LogP contribution in [-0.2, 0) is 0 Å². The molecule has 0 spiro atoms. The van der Waals surface area contributed by atoms with Gasteiger partial charge in [0.2, 0.25) is 0 Å². The predicted molar refractivity (Wildman–Crippen MR) is 92.7 cm³/mol. The summed E-state index contributed by atoms with van der Waals surface area (Å²) in [5.41, 5.74) is 1.35. The first-order chi connectivity index (χ1) is 11.8. The van der Waals surface area contributed by atoms with Crippen LogP contribution in [0.25, 0.3) is 0 Å². The lowest BCUT2D eigenvalue weighted by Crippen LogP contribution is -2.13. The van der Waals surface area contributed by atoms with Crippen molar-refractivity contribution in [2.45, 2.75) is 0 Å². The minimum Gasteiger partial charge on any atom is -0.495 e. The predicted octanol–water partition coefficient (Wildman–Crippen LogP) is 3.48. The van der Waals surface area contributed by atoms with Gasteiger partial charge in [0, 0.05) is 5.56 Å². The second-order valence-electron chi connectivity index (χ2n) is 4.95. The fourth-order valence-electron chi connectivity index (χ4n) is 2.13. The highest BCUT2D eigenvalue weighted by molar-refractivity contribution is 6.03. The van der Waals surface area contributed by atoms with E-state index in [1.165, 1.54) is 0 Å². The summed E-state index contributed by atoms with van der Waals surface area (Å²) in [4.78, 5) is 12.1. The minimum absolute atomic E-state index is 0.227. The Morgan fingerprint density at radius 1 is 0.875 bits per heavy atom. The van der Waals surface area contributed by atoms with Crippen LogP contribution in [0.15, 0.2) is 66.7 Å². The second kappa shape index (κ2) is 7.23. The quantitative estimate of drug-likeness (QED) is 0.752. The highest BCUT2D eigenvalue weighted by Crippen LogP contribution is 2.26. The molecule has 0 saturated carbocycles. The van der Waals surface area contributed by atoms with Gasteiger partial charge in [-0.05, 0) is 36.4 Å². The number of nitrogens with one attached hydrogen (secondary N) is 2. The molecule has 0 atom stereocenters. The van der Waals surface area contributed by atoms with Gasteiger partial charge in [-0.1, -0.05) is 30.3 Å². The highest BCUT2D eigenvalue weighted by atomic mass is 16.5. The molecule has 0 aliphatic rings. The molecule has 6 nitrogen and oxygen atoms in total. The number of anilines is 3. The number of hydrogen-bond acceptors (Lipinski definition) is 5. The molecule has 0 saturated heterocycles. The molecule has 0 fully saturated rings. The van der Waals surface area contributed by atoms with Crippen LogP contribution < -0.4 is 15.4 Å². The van der Waals surface area contributed by atoms with E-state index in [-0.39, 0.29) is 5.91 Å². The molecule has 3 aromatic rings. The van der Waals surface area contributed by atoms with E-state index in [4.69, 9.17) is 4.74 Å². The van der Waals surface area contributed by atoms with Gasteiger partial charge >= 0.3 is 0 Å². The molecule has 1 aromatic heterocycles. The number of carbonyl (C=O) groups excluding carboxylic acids is 1. The summed E-state index contributed by atoms with van der Waals surface area (Å²) in [6.07, 6.45) is 0. The summed E-state index contributed by atoms with van der Waals surface area (Å²) in [5.74, 6) is 1.42. The number of amides is 1. The topological polar surface area (TPSA) is 76.1 Å². The van der Waals surface area contributed by atoms with Crippen LogP contribution in [0.2, 0.25) is 0 Å². The van der Waals surface area contributed by atoms with Gasteiger partial charge in [-0.15, -0.1) is 10.2 Å². The molecule has 0 aliphatic heterocycles. The SMILES string of the molecule is COc1ccccc1Nc1ccc(NC(=O)c2ccccc2)nn1. The van der Waals surface area contributed by atoms with E-state index < -0.39 is 0 Å². The fourth-order valence-corrected chi connectivity index (χ4v) is 2.13. The van der Waals surface area contributed by atoms with Crippen molar-refractivity contribution in [3.63, 3.8) is 0 Å². The van der Waals surface area contributed by atoms with E-state index in [9.17, 15) is 4.79 Å². The smallest absolute Gasteiger partial charge is 0.256 e. The fraction of sp³-hybridized carbons (Fsp3) is 0.0556. The molecule has 0 radical (unpaired) electrons. The molecule has 0 aliphatic carbocycles. The van der Waals surface area contributed by atoms with E-state index in [0.717, 1.165) is 5.69 Å². The number of carbonyl (C=O) groups is 1. The van der Waals surface area contributed by atoms with Crippen molar-refractivity contribution < 1.29 is 9.53 Å². The number of aromatic nitrogens is 2. The van der Waals surface area contributed by atoms with Gasteiger partial charge in [0.05, 0.1) is 12.8 Å². The maximum absolute atomic E-state index is 12.1. The maximum atomic E-state index is 12.1. The van der Waals surface area contributed by atoms with Crippen LogP contribution in [-0.4, -0.2) is 23.2 Å². The largest absolute Gasteiger partial charge is 0.495 e. The molecule has 120 valence electrons. The molecule has 24 heavy (non-hydrogen) atoms. The molecule has 3 rings (SSSR count). The van der Waals surface area contributed by atoms with Crippen LogP contribution in [0.5, 0.6) is 5.75 Å². The third kappa shape index (κ3) is 3.67. The molecule has 0 unspecified atom stereocenters. The number of benzene rings is 2. The Bertz CT molecular complexity index is 820. The van der Waals surface area contributed by atoms with E-state index in [0.29, 0.717) is 22.9 Å². The number of hydrogen-bond donors (Lipinski definition) is 2. The van der Waals surface area contributed by atoms with Gasteiger partial charge in [0.25, 0.3) is 5.91 Å². The molecular formula is C18H16N4O2. The third-order valence-corrected chi connectivity index (χ3v) is 3.31.